The molecule has 1 aromatic carbocycles. The van der Waals surface area contributed by atoms with Gasteiger partial charge in [0.1, 0.15) is 12.4 Å². The fraction of sp³-hybridized carbons (Fsp3) is 0.308. The Kier molecular flexibility index (Phi) is 5.75. The largest absolute Gasteiger partial charge is 0.491 e. The minimum absolute atomic E-state index is 0.492. The molecule has 0 unspecified atom stereocenters. The normalized spacial score (nSPS) is 9.44. The average Bonchev–Trinajstić information content (AvgIpc) is 2.34. The molecule has 0 bridgehead atoms. The van der Waals surface area contributed by atoms with Crippen LogP contribution in [0.1, 0.15) is 12.0 Å². The molecule has 0 aliphatic rings. The number of nitrogens with zero attached hydrogens (tertiary/aromatic N) is 1. The summed E-state index contributed by atoms with van der Waals surface area (Å²) >= 11 is 0. The van der Waals surface area contributed by atoms with Crippen molar-refractivity contribution in [1.29, 1.82) is 5.26 Å². The quantitative estimate of drug-likeness (QED) is 0.520. The summed E-state index contributed by atoms with van der Waals surface area (Å²) in [4.78, 5) is 0. The molecule has 16 heavy (non-hydrogen) atoms. The van der Waals surface area contributed by atoms with E-state index in [0.29, 0.717) is 31.1 Å². The van der Waals surface area contributed by atoms with Crippen LogP contribution in [0.2, 0.25) is 0 Å². The Balaban J connectivity index is 2.21. The summed E-state index contributed by atoms with van der Waals surface area (Å²) < 4.78 is 10.7. The molecule has 0 amide bonds. The highest BCUT2D eigenvalue weighted by Crippen LogP contribution is 2.12. The maximum Gasteiger partial charge on any atom is 0.120 e. The van der Waals surface area contributed by atoms with Crippen molar-refractivity contribution >= 4 is 0 Å². The molecule has 0 aliphatic heterocycles. The molecule has 0 fully saturated rings. The lowest BCUT2D eigenvalue weighted by Crippen LogP contribution is -2.07. The third-order valence-corrected chi connectivity index (χ3v) is 1.93. The zero-order valence-electron chi connectivity index (χ0n) is 9.19. The third-order valence-electron chi connectivity index (χ3n) is 1.93. The topological polar surface area (TPSA) is 42.2 Å². The molecule has 84 valence electrons. The van der Waals surface area contributed by atoms with Crippen LogP contribution in [0.3, 0.4) is 0 Å². The van der Waals surface area contributed by atoms with E-state index in [1.165, 1.54) is 0 Å². The van der Waals surface area contributed by atoms with Crippen molar-refractivity contribution in [2.45, 2.75) is 6.42 Å². The summed E-state index contributed by atoms with van der Waals surface area (Å²) in [7, 11) is 0. The van der Waals surface area contributed by atoms with Crippen LogP contribution < -0.4 is 4.74 Å². The van der Waals surface area contributed by atoms with Crippen molar-refractivity contribution in [3.63, 3.8) is 0 Å². The molecule has 1 aromatic rings. The van der Waals surface area contributed by atoms with Gasteiger partial charge in [0.25, 0.3) is 0 Å². The van der Waals surface area contributed by atoms with Gasteiger partial charge in [0.05, 0.1) is 24.8 Å². The predicted octanol–water partition coefficient (Wildman–Crippen LogP) is 2.53. The maximum atomic E-state index is 8.69. The molecule has 0 heterocycles. The molecule has 0 saturated heterocycles. The highest BCUT2D eigenvalue weighted by Gasteiger charge is 1.95. The van der Waals surface area contributed by atoms with E-state index in [4.69, 9.17) is 14.7 Å². The van der Waals surface area contributed by atoms with Gasteiger partial charge in [-0.2, -0.15) is 5.26 Å². The van der Waals surface area contributed by atoms with Crippen molar-refractivity contribution in [2.75, 3.05) is 19.8 Å². The first-order chi connectivity index (χ1) is 7.86. The zero-order valence-corrected chi connectivity index (χ0v) is 9.19. The average molecular weight is 217 g/mol. The van der Waals surface area contributed by atoms with Crippen LogP contribution in [0.25, 0.3) is 0 Å². The minimum Gasteiger partial charge on any atom is -0.491 e. The summed E-state index contributed by atoms with van der Waals surface area (Å²) in [5.41, 5.74) is 0.602. The molecular formula is C13H15NO2. The zero-order chi connectivity index (χ0) is 11.6. The summed E-state index contributed by atoms with van der Waals surface area (Å²) in [5, 5.41) is 8.69. The van der Waals surface area contributed by atoms with Gasteiger partial charge >= 0.3 is 0 Å². The molecule has 3 heteroatoms. The van der Waals surface area contributed by atoms with E-state index in [0.717, 1.165) is 6.42 Å². The first kappa shape index (κ1) is 12.3. The van der Waals surface area contributed by atoms with Crippen LogP contribution in [-0.2, 0) is 4.74 Å². The van der Waals surface area contributed by atoms with Crippen LogP contribution >= 0.6 is 0 Å². The lowest BCUT2D eigenvalue weighted by molar-refractivity contribution is 0.103. The van der Waals surface area contributed by atoms with Gasteiger partial charge in [0, 0.05) is 0 Å². The molecule has 0 saturated carbocycles. The van der Waals surface area contributed by atoms with Crippen LogP contribution in [0.5, 0.6) is 5.75 Å². The molecule has 0 atom stereocenters. The Morgan fingerprint density at radius 3 is 2.94 bits per heavy atom. The first-order valence-corrected chi connectivity index (χ1v) is 5.18. The Hall–Kier alpha value is -1.79. The molecular weight excluding hydrogens is 202 g/mol. The van der Waals surface area contributed by atoms with E-state index in [-0.39, 0.29) is 0 Å². The molecule has 0 aliphatic carbocycles. The number of rotatable bonds is 7. The SMILES string of the molecule is C=CCCOCCOc1cccc(C#N)c1. The van der Waals surface area contributed by atoms with Gasteiger partial charge in [-0.05, 0) is 24.6 Å². The molecule has 3 nitrogen and oxygen atoms in total. The number of nitriles is 1. The second-order valence-electron chi connectivity index (χ2n) is 3.18. The highest BCUT2D eigenvalue weighted by atomic mass is 16.5. The van der Waals surface area contributed by atoms with E-state index < -0.39 is 0 Å². The van der Waals surface area contributed by atoms with Gasteiger partial charge in [-0.15, -0.1) is 6.58 Å². The Morgan fingerprint density at radius 2 is 2.19 bits per heavy atom. The van der Waals surface area contributed by atoms with Gasteiger partial charge in [-0.1, -0.05) is 12.1 Å². The van der Waals surface area contributed by atoms with Crippen LogP contribution in [-0.4, -0.2) is 19.8 Å². The third kappa shape index (κ3) is 4.63. The lowest BCUT2D eigenvalue weighted by Gasteiger charge is -2.06. The number of benzene rings is 1. The van der Waals surface area contributed by atoms with Crippen molar-refractivity contribution in [1.82, 2.24) is 0 Å². The highest BCUT2D eigenvalue weighted by molar-refractivity contribution is 5.36. The van der Waals surface area contributed by atoms with Gasteiger partial charge in [-0.3, -0.25) is 0 Å². The van der Waals surface area contributed by atoms with Crippen LogP contribution in [0.15, 0.2) is 36.9 Å². The molecule has 0 spiro atoms. The van der Waals surface area contributed by atoms with Gasteiger partial charge < -0.3 is 9.47 Å². The smallest absolute Gasteiger partial charge is 0.120 e. The predicted molar refractivity (Wildman–Crippen MR) is 62.3 cm³/mol. The van der Waals surface area contributed by atoms with Crippen LogP contribution in [0, 0.1) is 11.3 Å². The first-order valence-electron chi connectivity index (χ1n) is 5.18. The molecule has 0 aromatic heterocycles. The van der Waals surface area contributed by atoms with Gasteiger partial charge in [0.2, 0.25) is 0 Å². The van der Waals surface area contributed by atoms with Crippen LogP contribution in [0.4, 0.5) is 0 Å². The standard InChI is InChI=1S/C13H15NO2/c1-2-3-7-15-8-9-16-13-6-4-5-12(10-13)11-14/h2,4-6,10H,1,3,7-9H2. The molecule has 0 radical (unpaired) electrons. The Bertz CT molecular complexity index is 368. The second-order valence-corrected chi connectivity index (χ2v) is 3.18. The lowest BCUT2D eigenvalue weighted by atomic mass is 10.2. The number of hydrogen-bond donors (Lipinski definition) is 0. The molecule has 1 rings (SSSR count). The summed E-state index contributed by atoms with van der Waals surface area (Å²) in [5.74, 6) is 0.700. The van der Waals surface area contributed by atoms with E-state index in [1.807, 2.05) is 12.1 Å². The summed E-state index contributed by atoms with van der Waals surface area (Å²) in [6.45, 7) is 5.31. The number of hydrogen-bond acceptors (Lipinski definition) is 3. The van der Waals surface area contributed by atoms with Gasteiger partial charge in [-0.25, -0.2) is 0 Å². The molecule has 0 N–H and O–H groups in total. The van der Waals surface area contributed by atoms with E-state index in [9.17, 15) is 0 Å². The van der Waals surface area contributed by atoms with Crippen molar-refractivity contribution in [2.24, 2.45) is 0 Å². The van der Waals surface area contributed by atoms with Gasteiger partial charge in [0.15, 0.2) is 0 Å². The monoisotopic (exact) mass is 217 g/mol. The fourth-order valence-corrected chi connectivity index (χ4v) is 1.14. The van der Waals surface area contributed by atoms with E-state index in [1.54, 1.807) is 18.2 Å². The fourth-order valence-electron chi connectivity index (χ4n) is 1.14. The maximum absolute atomic E-state index is 8.69. The number of ether oxygens (including phenoxy) is 2. The van der Waals surface area contributed by atoms with E-state index >= 15 is 0 Å². The van der Waals surface area contributed by atoms with E-state index in [2.05, 4.69) is 12.6 Å². The summed E-state index contributed by atoms with van der Waals surface area (Å²) in [6.07, 6.45) is 2.67. The van der Waals surface area contributed by atoms with Crippen molar-refractivity contribution in [3.05, 3.63) is 42.5 Å². The Labute approximate surface area is 95.9 Å². The second kappa shape index (κ2) is 7.49. The Morgan fingerprint density at radius 1 is 1.31 bits per heavy atom. The minimum atomic E-state index is 0.492. The van der Waals surface area contributed by atoms with Crippen molar-refractivity contribution in [3.8, 4) is 11.8 Å². The van der Waals surface area contributed by atoms with Crippen molar-refractivity contribution < 1.29 is 9.47 Å². The summed E-state index contributed by atoms with van der Waals surface area (Å²) in [6, 6.07) is 9.14.